The summed E-state index contributed by atoms with van der Waals surface area (Å²) < 4.78 is 9.68. The fourth-order valence-electron chi connectivity index (χ4n) is 2.08. The van der Waals surface area contributed by atoms with Crippen molar-refractivity contribution in [3.8, 4) is 5.75 Å². The van der Waals surface area contributed by atoms with E-state index < -0.39 is 22.5 Å². The van der Waals surface area contributed by atoms with Crippen molar-refractivity contribution >= 4 is 23.4 Å². The summed E-state index contributed by atoms with van der Waals surface area (Å²) >= 11 is 0. The van der Waals surface area contributed by atoms with Crippen LogP contribution >= 0.6 is 0 Å². The van der Waals surface area contributed by atoms with Gasteiger partial charge in [0, 0.05) is 12.1 Å². The maximum atomic E-state index is 12.3. The molecule has 0 bridgehead atoms. The summed E-state index contributed by atoms with van der Waals surface area (Å²) in [5.74, 6) is -2.06. The van der Waals surface area contributed by atoms with E-state index in [1.165, 1.54) is 19.1 Å². The van der Waals surface area contributed by atoms with Gasteiger partial charge in [0.25, 0.3) is 5.69 Å². The minimum absolute atomic E-state index is 0.0196. The van der Waals surface area contributed by atoms with Crippen LogP contribution in [0.25, 0.3) is 0 Å². The molecule has 2 rings (SSSR count). The van der Waals surface area contributed by atoms with Crippen molar-refractivity contribution in [3.05, 3.63) is 69.3 Å². The van der Waals surface area contributed by atoms with Crippen LogP contribution < -0.4 is 4.74 Å². The minimum atomic E-state index is -0.942. The molecule has 2 aromatic rings. The van der Waals surface area contributed by atoms with Crippen molar-refractivity contribution in [2.24, 2.45) is 0 Å². The summed E-state index contributed by atoms with van der Waals surface area (Å²) in [7, 11) is 1.11. The molecule has 0 saturated carbocycles. The Hall–Kier alpha value is -3.55. The molecule has 0 atom stereocenters. The van der Waals surface area contributed by atoms with E-state index in [4.69, 9.17) is 4.74 Å². The van der Waals surface area contributed by atoms with Crippen molar-refractivity contribution in [2.45, 2.75) is 6.92 Å². The number of hydrogen-bond donors (Lipinski definition) is 0. The highest BCUT2D eigenvalue weighted by molar-refractivity contribution is 6.00. The molecular weight excluding hydrogens is 330 g/mol. The predicted octanol–water partition coefficient (Wildman–Crippen LogP) is 2.80. The molecule has 0 spiro atoms. The number of ether oxygens (including phenoxy) is 2. The monoisotopic (exact) mass is 343 g/mol. The Morgan fingerprint density at radius 2 is 1.60 bits per heavy atom. The zero-order valence-electron chi connectivity index (χ0n) is 13.3. The maximum Gasteiger partial charge on any atom is 0.343 e. The maximum absolute atomic E-state index is 12.3. The Morgan fingerprint density at radius 1 is 1.00 bits per heavy atom. The first-order chi connectivity index (χ1) is 11.8. The van der Waals surface area contributed by atoms with Crippen molar-refractivity contribution in [2.75, 3.05) is 7.11 Å². The quantitative estimate of drug-likeness (QED) is 0.270. The first kappa shape index (κ1) is 17.8. The number of nitro groups is 1. The van der Waals surface area contributed by atoms with Crippen LogP contribution in [0.1, 0.15) is 38.0 Å². The van der Waals surface area contributed by atoms with E-state index in [1.807, 2.05) is 0 Å². The zero-order valence-corrected chi connectivity index (χ0v) is 13.3. The largest absolute Gasteiger partial charge is 0.465 e. The third kappa shape index (κ3) is 4.05. The van der Waals surface area contributed by atoms with E-state index in [0.717, 1.165) is 25.3 Å². The number of nitrogens with zero attached hydrogens (tertiary/aromatic N) is 1. The third-order valence-corrected chi connectivity index (χ3v) is 3.25. The molecule has 2 aromatic carbocycles. The fraction of sp³-hybridized carbons (Fsp3) is 0.118. The molecule has 0 unspecified atom stereocenters. The van der Waals surface area contributed by atoms with Crippen molar-refractivity contribution in [3.63, 3.8) is 0 Å². The third-order valence-electron chi connectivity index (χ3n) is 3.25. The molecular formula is C17H13NO7. The molecule has 0 heterocycles. The van der Waals surface area contributed by atoms with Gasteiger partial charge in [0.15, 0.2) is 5.78 Å². The second-order valence-corrected chi connectivity index (χ2v) is 4.96. The van der Waals surface area contributed by atoms with Gasteiger partial charge in [-0.15, -0.1) is 0 Å². The van der Waals surface area contributed by atoms with Gasteiger partial charge in [-0.2, -0.15) is 0 Å². The molecule has 128 valence electrons. The number of nitro benzene ring substituents is 1. The Labute approximate surface area is 142 Å². The Balaban J connectivity index is 2.42. The lowest BCUT2D eigenvalue weighted by Gasteiger charge is -2.08. The molecule has 0 aliphatic heterocycles. The van der Waals surface area contributed by atoms with E-state index in [2.05, 4.69) is 4.74 Å². The number of carbonyl (C=O) groups is 3. The molecule has 0 aromatic heterocycles. The van der Waals surface area contributed by atoms with Crippen LogP contribution in [-0.2, 0) is 4.74 Å². The molecule has 0 amide bonds. The van der Waals surface area contributed by atoms with Gasteiger partial charge in [0.05, 0.1) is 28.7 Å². The number of hydrogen-bond acceptors (Lipinski definition) is 7. The lowest BCUT2D eigenvalue weighted by molar-refractivity contribution is -0.384. The summed E-state index contributed by atoms with van der Waals surface area (Å²) in [6.07, 6.45) is 0. The summed E-state index contributed by atoms with van der Waals surface area (Å²) in [6, 6.07) is 9.18. The van der Waals surface area contributed by atoms with E-state index in [1.54, 1.807) is 12.1 Å². The highest BCUT2D eigenvalue weighted by atomic mass is 16.6. The molecule has 0 fully saturated rings. The van der Waals surface area contributed by atoms with Crippen molar-refractivity contribution in [1.29, 1.82) is 0 Å². The second-order valence-electron chi connectivity index (χ2n) is 4.96. The van der Waals surface area contributed by atoms with Gasteiger partial charge < -0.3 is 9.47 Å². The van der Waals surface area contributed by atoms with Gasteiger partial charge in [-0.3, -0.25) is 14.9 Å². The summed E-state index contributed by atoms with van der Waals surface area (Å²) in [5.41, 5.74) is -0.652. The van der Waals surface area contributed by atoms with Gasteiger partial charge >= 0.3 is 11.9 Å². The van der Waals surface area contributed by atoms with Crippen LogP contribution in [0, 0.1) is 10.1 Å². The average Bonchev–Trinajstić information content (AvgIpc) is 2.60. The Bertz CT molecular complexity index is 873. The van der Waals surface area contributed by atoms with E-state index in [-0.39, 0.29) is 28.2 Å². The van der Waals surface area contributed by atoms with E-state index >= 15 is 0 Å². The Morgan fingerprint density at radius 3 is 2.16 bits per heavy atom. The van der Waals surface area contributed by atoms with Crippen LogP contribution in [0.5, 0.6) is 5.75 Å². The summed E-state index contributed by atoms with van der Waals surface area (Å²) in [5, 5.41) is 11.0. The first-order valence-corrected chi connectivity index (χ1v) is 7.03. The number of esters is 2. The molecule has 0 aliphatic carbocycles. The van der Waals surface area contributed by atoms with Crippen LogP contribution in [0.4, 0.5) is 5.69 Å². The molecule has 25 heavy (non-hydrogen) atoms. The van der Waals surface area contributed by atoms with Gasteiger partial charge in [-0.1, -0.05) is 12.1 Å². The Kier molecular flexibility index (Phi) is 5.23. The van der Waals surface area contributed by atoms with Crippen LogP contribution in [-0.4, -0.2) is 29.8 Å². The van der Waals surface area contributed by atoms with Gasteiger partial charge in [0.2, 0.25) is 0 Å². The molecule has 0 aliphatic rings. The standard InChI is InChI=1S/C17H13NO7/c1-10(19)14-5-3-4-6-15(14)25-17(21)12-7-11(16(20)24-2)8-13(9-12)18(22)23/h3-9H,1-2H3. The highest BCUT2D eigenvalue weighted by Gasteiger charge is 2.20. The van der Waals surface area contributed by atoms with Gasteiger partial charge in [-0.25, -0.2) is 9.59 Å². The van der Waals surface area contributed by atoms with Crippen LogP contribution in [0.3, 0.4) is 0 Å². The molecule has 0 N–H and O–H groups in total. The van der Waals surface area contributed by atoms with Gasteiger partial charge in [0.1, 0.15) is 5.75 Å². The second kappa shape index (κ2) is 7.35. The van der Waals surface area contributed by atoms with Crippen LogP contribution in [0.2, 0.25) is 0 Å². The molecule has 0 radical (unpaired) electrons. The normalized spacial score (nSPS) is 10.0. The minimum Gasteiger partial charge on any atom is -0.465 e. The smallest absolute Gasteiger partial charge is 0.343 e. The predicted molar refractivity (Wildman–Crippen MR) is 85.8 cm³/mol. The number of carbonyl (C=O) groups excluding carboxylic acids is 3. The summed E-state index contributed by atoms with van der Waals surface area (Å²) in [4.78, 5) is 45.8. The number of para-hydroxylation sites is 1. The number of Topliss-reactive ketones (excluding diaryl/α,β-unsaturated/α-hetero) is 1. The van der Waals surface area contributed by atoms with E-state index in [0.29, 0.717) is 0 Å². The number of methoxy groups -OCH3 is 1. The highest BCUT2D eigenvalue weighted by Crippen LogP contribution is 2.22. The molecule has 0 saturated heterocycles. The van der Waals surface area contributed by atoms with Gasteiger partial charge in [-0.05, 0) is 25.1 Å². The lowest BCUT2D eigenvalue weighted by atomic mass is 10.1. The number of non-ortho nitro benzene ring substituents is 1. The number of ketones is 1. The zero-order chi connectivity index (χ0) is 18.6. The lowest BCUT2D eigenvalue weighted by Crippen LogP contribution is -2.13. The van der Waals surface area contributed by atoms with Crippen molar-refractivity contribution < 1.29 is 28.8 Å². The molecule has 8 nitrogen and oxygen atoms in total. The van der Waals surface area contributed by atoms with Crippen LogP contribution in [0.15, 0.2) is 42.5 Å². The topological polar surface area (TPSA) is 113 Å². The number of benzene rings is 2. The van der Waals surface area contributed by atoms with Crippen molar-refractivity contribution in [1.82, 2.24) is 0 Å². The fourth-order valence-corrected chi connectivity index (χ4v) is 2.08. The average molecular weight is 343 g/mol. The number of rotatable bonds is 5. The van der Waals surface area contributed by atoms with E-state index in [9.17, 15) is 24.5 Å². The summed E-state index contributed by atoms with van der Waals surface area (Å²) in [6.45, 7) is 1.31. The SMILES string of the molecule is COC(=O)c1cc(C(=O)Oc2ccccc2C(C)=O)cc([N+](=O)[O-])c1. The molecule has 8 heteroatoms. The first-order valence-electron chi connectivity index (χ1n) is 7.03.